The second-order valence-electron chi connectivity index (χ2n) is 8.70. The van der Waals surface area contributed by atoms with Gasteiger partial charge in [0, 0.05) is 22.5 Å². The van der Waals surface area contributed by atoms with E-state index >= 15 is 0 Å². The number of hydrogen-bond acceptors (Lipinski definition) is 6. The minimum atomic E-state index is -0.417. The molecule has 3 aromatic carbocycles. The van der Waals surface area contributed by atoms with Crippen molar-refractivity contribution in [2.75, 3.05) is 5.32 Å². The van der Waals surface area contributed by atoms with Gasteiger partial charge < -0.3 is 15.4 Å². The molecule has 0 atom stereocenters. The number of rotatable bonds is 8. The van der Waals surface area contributed by atoms with E-state index in [9.17, 15) is 9.59 Å². The molecule has 39 heavy (non-hydrogen) atoms. The lowest BCUT2D eigenvalue weighted by atomic mass is 10.2. The molecule has 2 aromatic heterocycles. The van der Waals surface area contributed by atoms with Crippen molar-refractivity contribution in [1.29, 1.82) is 0 Å². The van der Waals surface area contributed by atoms with Crippen molar-refractivity contribution in [3.63, 3.8) is 0 Å². The topological polar surface area (TPSA) is 98.1 Å². The van der Waals surface area contributed by atoms with Gasteiger partial charge in [-0.25, -0.2) is 0 Å². The quantitative estimate of drug-likeness (QED) is 0.250. The summed E-state index contributed by atoms with van der Waals surface area (Å²) in [5.74, 6) is 0.598. The van der Waals surface area contributed by atoms with Crippen LogP contribution in [-0.4, -0.2) is 20.7 Å². The van der Waals surface area contributed by atoms with E-state index in [1.54, 1.807) is 60.8 Å². The Bertz CT molecular complexity index is 1650. The van der Waals surface area contributed by atoms with Gasteiger partial charge in [0.1, 0.15) is 5.75 Å². The predicted molar refractivity (Wildman–Crippen MR) is 151 cm³/mol. The van der Waals surface area contributed by atoms with Crippen molar-refractivity contribution in [3.05, 3.63) is 136 Å². The van der Waals surface area contributed by atoms with Crippen molar-refractivity contribution >= 4 is 28.9 Å². The second-order valence-corrected chi connectivity index (χ2v) is 9.14. The van der Waals surface area contributed by atoms with Crippen LogP contribution in [0.5, 0.6) is 11.5 Å². The van der Waals surface area contributed by atoms with Crippen LogP contribution in [0.25, 0.3) is 5.69 Å². The number of nitrogens with zero attached hydrogens (tertiary/aromatic N) is 3. The molecule has 2 heterocycles. The summed E-state index contributed by atoms with van der Waals surface area (Å²) in [6, 6.07) is 26.6. The molecule has 9 heteroatoms. The number of pyridine rings is 1. The fourth-order valence-corrected chi connectivity index (χ4v) is 3.95. The molecule has 194 valence electrons. The molecule has 0 aliphatic heterocycles. The predicted octanol–water partition coefficient (Wildman–Crippen LogP) is 6.06. The van der Waals surface area contributed by atoms with E-state index in [-0.39, 0.29) is 17.3 Å². The molecule has 0 fully saturated rings. The SMILES string of the molecule is Cc1cccc(Oc2cnn(-c3ccc(Cl)cc3)c(=O)c2Nc2ccc(C(=O)NCc3ccccn3)cc2)c1. The van der Waals surface area contributed by atoms with Gasteiger partial charge in [0.25, 0.3) is 11.5 Å². The summed E-state index contributed by atoms with van der Waals surface area (Å²) in [5.41, 5.74) is 3.17. The Morgan fingerprint density at radius 3 is 2.49 bits per heavy atom. The lowest BCUT2D eigenvalue weighted by Crippen LogP contribution is -2.24. The van der Waals surface area contributed by atoms with Crippen molar-refractivity contribution in [2.45, 2.75) is 13.5 Å². The van der Waals surface area contributed by atoms with Gasteiger partial charge >= 0.3 is 0 Å². The van der Waals surface area contributed by atoms with E-state index in [2.05, 4.69) is 20.7 Å². The van der Waals surface area contributed by atoms with Gasteiger partial charge in [-0.3, -0.25) is 14.6 Å². The Morgan fingerprint density at radius 1 is 0.974 bits per heavy atom. The zero-order chi connectivity index (χ0) is 27.2. The molecule has 5 rings (SSSR count). The molecule has 0 aliphatic rings. The minimum Gasteiger partial charge on any atom is -0.453 e. The van der Waals surface area contributed by atoms with Gasteiger partial charge in [-0.2, -0.15) is 9.78 Å². The molecule has 0 saturated carbocycles. The molecular weight excluding hydrogens is 514 g/mol. The third-order valence-electron chi connectivity index (χ3n) is 5.80. The maximum Gasteiger partial charge on any atom is 0.299 e. The fourth-order valence-electron chi connectivity index (χ4n) is 3.83. The second kappa shape index (κ2) is 11.6. The highest BCUT2D eigenvalue weighted by atomic mass is 35.5. The first-order chi connectivity index (χ1) is 19.0. The van der Waals surface area contributed by atoms with E-state index in [0.29, 0.717) is 34.3 Å². The van der Waals surface area contributed by atoms with Crippen molar-refractivity contribution in [2.24, 2.45) is 0 Å². The van der Waals surface area contributed by atoms with Crippen molar-refractivity contribution in [1.82, 2.24) is 20.1 Å². The average Bonchev–Trinajstić information content (AvgIpc) is 2.95. The number of aromatic nitrogens is 3. The lowest BCUT2D eigenvalue weighted by Gasteiger charge is -2.15. The van der Waals surface area contributed by atoms with Gasteiger partial charge in [-0.15, -0.1) is 0 Å². The number of ether oxygens (including phenoxy) is 1. The lowest BCUT2D eigenvalue weighted by molar-refractivity contribution is 0.0950. The van der Waals surface area contributed by atoms with Gasteiger partial charge in [0.15, 0.2) is 11.4 Å². The largest absolute Gasteiger partial charge is 0.453 e. The number of nitrogens with one attached hydrogen (secondary N) is 2. The summed E-state index contributed by atoms with van der Waals surface area (Å²) < 4.78 is 7.32. The summed E-state index contributed by atoms with van der Waals surface area (Å²) in [6.07, 6.45) is 3.17. The van der Waals surface area contributed by atoms with Crippen LogP contribution in [0.15, 0.2) is 108 Å². The first-order valence-electron chi connectivity index (χ1n) is 12.1. The van der Waals surface area contributed by atoms with Crippen LogP contribution in [0, 0.1) is 6.92 Å². The standard InChI is InChI=1S/C30H24ClN5O3/c1-20-5-4-7-26(17-20)39-27-19-34-36(25-14-10-22(31)11-15-25)30(38)28(27)35-23-12-8-21(9-13-23)29(37)33-18-24-6-2-3-16-32-24/h2-17,19,35H,18H2,1H3,(H,33,37). The third-order valence-corrected chi connectivity index (χ3v) is 6.06. The number of carbonyl (C=O) groups excluding carboxylic acids is 1. The zero-order valence-electron chi connectivity index (χ0n) is 21.0. The normalized spacial score (nSPS) is 10.6. The minimum absolute atomic E-state index is 0.189. The van der Waals surface area contributed by atoms with Gasteiger partial charge in [-0.1, -0.05) is 29.8 Å². The molecule has 0 spiro atoms. The van der Waals surface area contributed by atoms with Crippen LogP contribution in [0.1, 0.15) is 21.6 Å². The third kappa shape index (κ3) is 6.31. The van der Waals surface area contributed by atoms with E-state index < -0.39 is 5.56 Å². The van der Waals surface area contributed by atoms with Crippen LogP contribution in [-0.2, 0) is 6.54 Å². The molecule has 0 radical (unpaired) electrons. The van der Waals surface area contributed by atoms with E-state index in [1.165, 1.54) is 10.9 Å². The van der Waals surface area contributed by atoms with Crippen LogP contribution >= 0.6 is 11.6 Å². The monoisotopic (exact) mass is 537 g/mol. The molecule has 8 nitrogen and oxygen atoms in total. The summed E-state index contributed by atoms with van der Waals surface area (Å²) in [7, 11) is 0. The summed E-state index contributed by atoms with van der Waals surface area (Å²) in [4.78, 5) is 30.4. The first-order valence-corrected chi connectivity index (χ1v) is 12.5. The molecule has 0 unspecified atom stereocenters. The molecule has 1 amide bonds. The van der Waals surface area contributed by atoms with Crippen LogP contribution in [0.4, 0.5) is 11.4 Å². The molecule has 0 saturated heterocycles. The van der Waals surface area contributed by atoms with Gasteiger partial charge in [-0.05, 0) is 85.3 Å². The van der Waals surface area contributed by atoms with Gasteiger partial charge in [0.2, 0.25) is 0 Å². The van der Waals surface area contributed by atoms with Gasteiger partial charge in [0.05, 0.1) is 24.1 Å². The molecule has 0 aliphatic carbocycles. The van der Waals surface area contributed by atoms with E-state index in [0.717, 1.165) is 11.3 Å². The average molecular weight is 538 g/mol. The Balaban J connectivity index is 1.42. The summed E-state index contributed by atoms with van der Waals surface area (Å²) in [5, 5.41) is 10.9. The Labute approximate surface area is 229 Å². The Kier molecular flexibility index (Phi) is 7.65. The number of hydrogen-bond donors (Lipinski definition) is 2. The highest BCUT2D eigenvalue weighted by molar-refractivity contribution is 6.30. The number of amides is 1. The first kappa shape index (κ1) is 25.7. The number of benzene rings is 3. The number of anilines is 2. The van der Waals surface area contributed by atoms with Crippen LogP contribution in [0.3, 0.4) is 0 Å². The van der Waals surface area contributed by atoms with Crippen LogP contribution in [0.2, 0.25) is 5.02 Å². The van der Waals surface area contributed by atoms with E-state index in [1.807, 2.05) is 43.3 Å². The van der Waals surface area contributed by atoms with Crippen molar-refractivity contribution in [3.8, 4) is 17.2 Å². The summed E-state index contributed by atoms with van der Waals surface area (Å²) in [6.45, 7) is 2.28. The number of aryl methyl sites for hydroxylation is 1. The summed E-state index contributed by atoms with van der Waals surface area (Å²) >= 11 is 6.02. The highest BCUT2D eigenvalue weighted by Gasteiger charge is 2.16. The fraction of sp³-hybridized carbons (Fsp3) is 0.0667. The number of carbonyl (C=O) groups is 1. The van der Waals surface area contributed by atoms with Crippen molar-refractivity contribution < 1.29 is 9.53 Å². The van der Waals surface area contributed by atoms with E-state index in [4.69, 9.17) is 16.3 Å². The zero-order valence-corrected chi connectivity index (χ0v) is 21.7. The Morgan fingerprint density at radius 2 is 1.77 bits per heavy atom. The number of halogens is 1. The van der Waals surface area contributed by atoms with Crippen LogP contribution < -0.4 is 20.9 Å². The highest BCUT2D eigenvalue weighted by Crippen LogP contribution is 2.29. The molecule has 5 aromatic rings. The maximum atomic E-state index is 13.6. The molecule has 0 bridgehead atoms. The maximum absolute atomic E-state index is 13.6. The Hall–Kier alpha value is -4.95. The molecular formula is C30H24ClN5O3. The molecule has 2 N–H and O–H groups in total. The smallest absolute Gasteiger partial charge is 0.299 e.